The van der Waals surface area contributed by atoms with Crippen LogP contribution >= 0.6 is 0 Å². The first-order valence-electron chi connectivity index (χ1n) is 7.41. The smallest absolute Gasteiger partial charge is 0.00684 e. The molecule has 1 aromatic carbocycles. The lowest BCUT2D eigenvalue weighted by atomic mass is 9.84. The Balaban J connectivity index is 2.14. The Labute approximate surface area is 112 Å². The van der Waals surface area contributed by atoms with Crippen molar-refractivity contribution in [3.05, 3.63) is 34.9 Å². The summed E-state index contributed by atoms with van der Waals surface area (Å²) in [5.74, 6) is 1.41. The lowest BCUT2D eigenvalue weighted by Crippen LogP contribution is -2.27. The van der Waals surface area contributed by atoms with Crippen molar-refractivity contribution < 1.29 is 0 Å². The van der Waals surface area contributed by atoms with Crippen LogP contribution in [0.5, 0.6) is 0 Å². The first kappa shape index (κ1) is 13.6. The average Bonchev–Trinajstić information content (AvgIpc) is 3.11. The van der Waals surface area contributed by atoms with Crippen LogP contribution in [0, 0.1) is 19.8 Å². The summed E-state index contributed by atoms with van der Waals surface area (Å²) >= 11 is 0. The van der Waals surface area contributed by atoms with Crippen molar-refractivity contribution in [2.75, 3.05) is 6.54 Å². The van der Waals surface area contributed by atoms with Crippen LogP contribution in [0.15, 0.2) is 18.2 Å². The Morgan fingerprint density at radius 3 is 2.28 bits per heavy atom. The molecule has 1 aromatic rings. The molecule has 1 nitrogen and oxygen atoms in total. The van der Waals surface area contributed by atoms with Crippen LogP contribution in [-0.4, -0.2) is 12.6 Å². The molecule has 0 radical (unpaired) electrons. The summed E-state index contributed by atoms with van der Waals surface area (Å²) in [6, 6.07) is 7.82. The molecule has 0 heterocycles. The summed E-state index contributed by atoms with van der Waals surface area (Å²) in [6.45, 7) is 10.2. The number of hydrogen-bond donors (Lipinski definition) is 1. The molecule has 1 aliphatic carbocycles. The Morgan fingerprint density at radius 2 is 1.78 bits per heavy atom. The van der Waals surface area contributed by atoms with Gasteiger partial charge in [-0.25, -0.2) is 0 Å². The molecule has 1 N–H and O–H groups in total. The van der Waals surface area contributed by atoms with Crippen LogP contribution in [0.4, 0.5) is 0 Å². The normalized spacial score (nSPS) is 18.7. The fourth-order valence-corrected chi connectivity index (χ4v) is 2.74. The van der Waals surface area contributed by atoms with E-state index in [-0.39, 0.29) is 0 Å². The van der Waals surface area contributed by atoms with Crippen molar-refractivity contribution in [2.45, 2.75) is 58.9 Å². The monoisotopic (exact) mass is 245 g/mol. The van der Waals surface area contributed by atoms with Gasteiger partial charge in [0.25, 0.3) is 0 Å². The van der Waals surface area contributed by atoms with Gasteiger partial charge in [-0.2, -0.15) is 0 Å². The van der Waals surface area contributed by atoms with Gasteiger partial charge >= 0.3 is 0 Å². The van der Waals surface area contributed by atoms with Gasteiger partial charge in [0.05, 0.1) is 0 Å². The lowest BCUT2D eigenvalue weighted by molar-refractivity contribution is 0.419. The zero-order valence-electron chi connectivity index (χ0n) is 12.3. The van der Waals surface area contributed by atoms with Crippen LogP contribution in [0.1, 0.15) is 55.7 Å². The molecular weight excluding hydrogens is 218 g/mol. The summed E-state index contributed by atoms with van der Waals surface area (Å²) in [4.78, 5) is 0. The third kappa shape index (κ3) is 3.58. The molecule has 0 aromatic heterocycles. The number of nitrogens with one attached hydrogen (secondary N) is 1. The van der Waals surface area contributed by atoms with Crippen LogP contribution in [-0.2, 0) is 0 Å². The topological polar surface area (TPSA) is 12.0 Å². The highest BCUT2D eigenvalue weighted by molar-refractivity contribution is 5.31. The van der Waals surface area contributed by atoms with Gasteiger partial charge in [-0.05, 0) is 44.1 Å². The molecule has 1 fully saturated rings. The fraction of sp³-hybridized carbons (Fsp3) is 0.647. The van der Waals surface area contributed by atoms with E-state index in [1.807, 2.05) is 0 Å². The van der Waals surface area contributed by atoms with E-state index in [4.69, 9.17) is 0 Å². The second-order valence-corrected chi connectivity index (χ2v) is 6.10. The average molecular weight is 245 g/mol. The van der Waals surface area contributed by atoms with Gasteiger partial charge in [0.15, 0.2) is 0 Å². The predicted molar refractivity (Wildman–Crippen MR) is 79.1 cm³/mol. The van der Waals surface area contributed by atoms with E-state index < -0.39 is 0 Å². The van der Waals surface area contributed by atoms with Crippen LogP contribution < -0.4 is 5.32 Å². The van der Waals surface area contributed by atoms with Crippen LogP contribution in [0.25, 0.3) is 0 Å². The van der Waals surface area contributed by atoms with E-state index in [2.05, 4.69) is 51.2 Å². The van der Waals surface area contributed by atoms with E-state index in [9.17, 15) is 0 Å². The second-order valence-electron chi connectivity index (χ2n) is 6.10. The van der Waals surface area contributed by atoms with E-state index in [0.29, 0.717) is 5.92 Å². The standard InChI is InChI=1S/C17H27N/c1-5-14(4)17(11-18-16-6-7-16)15-9-12(2)8-13(3)10-15/h8-10,14,16-18H,5-7,11H2,1-4H3. The molecular formula is C17H27N. The van der Waals surface area contributed by atoms with Gasteiger partial charge in [-0.15, -0.1) is 0 Å². The highest BCUT2D eigenvalue weighted by atomic mass is 14.9. The quantitative estimate of drug-likeness (QED) is 0.792. The van der Waals surface area contributed by atoms with Gasteiger partial charge in [0, 0.05) is 12.6 Å². The first-order valence-corrected chi connectivity index (χ1v) is 7.41. The third-order valence-electron chi connectivity index (χ3n) is 4.21. The van der Waals surface area contributed by atoms with Gasteiger partial charge in [-0.1, -0.05) is 49.6 Å². The van der Waals surface area contributed by atoms with Crippen molar-refractivity contribution in [2.24, 2.45) is 5.92 Å². The number of hydrogen-bond acceptors (Lipinski definition) is 1. The van der Waals surface area contributed by atoms with E-state index in [1.54, 1.807) is 0 Å². The highest BCUT2D eigenvalue weighted by Gasteiger charge is 2.24. The summed E-state index contributed by atoms with van der Waals surface area (Å²) in [5.41, 5.74) is 4.31. The van der Waals surface area contributed by atoms with Crippen molar-refractivity contribution in [3.8, 4) is 0 Å². The number of aryl methyl sites for hydroxylation is 2. The van der Waals surface area contributed by atoms with Crippen molar-refractivity contribution in [1.29, 1.82) is 0 Å². The summed E-state index contributed by atoms with van der Waals surface area (Å²) in [7, 11) is 0. The first-order chi connectivity index (χ1) is 8.60. The Bertz CT molecular complexity index is 372. The maximum absolute atomic E-state index is 3.71. The lowest BCUT2D eigenvalue weighted by Gasteiger charge is -2.25. The Morgan fingerprint density at radius 1 is 1.17 bits per heavy atom. The van der Waals surface area contributed by atoms with Crippen molar-refractivity contribution >= 4 is 0 Å². The molecule has 1 saturated carbocycles. The fourth-order valence-electron chi connectivity index (χ4n) is 2.74. The van der Waals surface area contributed by atoms with E-state index >= 15 is 0 Å². The minimum Gasteiger partial charge on any atom is -0.313 e. The minimum atomic E-state index is 0.661. The molecule has 100 valence electrons. The van der Waals surface area contributed by atoms with Crippen LogP contribution in [0.3, 0.4) is 0 Å². The predicted octanol–water partition coefficient (Wildman–Crippen LogP) is 4.19. The number of benzene rings is 1. The zero-order valence-corrected chi connectivity index (χ0v) is 12.3. The summed E-state index contributed by atoms with van der Waals surface area (Å²) < 4.78 is 0. The summed E-state index contributed by atoms with van der Waals surface area (Å²) in [6.07, 6.45) is 4.00. The van der Waals surface area contributed by atoms with Gasteiger partial charge in [-0.3, -0.25) is 0 Å². The maximum atomic E-state index is 3.71. The molecule has 1 heteroatoms. The zero-order chi connectivity index (χ0) is 13.1. The Hall–Kier alpha value is -0.820. The molecule has 2 atom stereocenters. The molecule has 0 spiro atoms. The molecule has 0 amide bonds. The third-order valence-corrected chi connectivity index (χ3v) is 4.21. The molecule has 2 unspecified atom stereocenters. The second kappa shape index (κ2) is 5.88. The maximum Gasteiger partial charge on any atom is 0.00684 e. The minimum absolute atomic E-state index is 0.661. The Kier molecular flexibility index (Phi) is 4.45. The summed E-state index contributed by atoms with van der Waals surface area (Å²) in [5, 5.41) is 3.71. The molecule has 1 aliphatic rings. The van der Waals surface area contributed by atoms with Crippen molar-refractivity contribution in [1.82, 2.24) is 5.32 Å². The molecule has 0 aliphatic heterocycles. The van der Waals surface area contributed by atoms with Gasteiger partial charge < -0.3 is 5.32 Å². The van der Waals surface area contributed by atoms with Crippen molar-refractivity contribution in [3.63, 3.8) is 0 Å². The SMILES string of the molecule is CCC(C)C(CNC1CC1)c1cc(C)cc(C)c1. The molecule has 18 heavy (non-hydrogen) atoms. The van der Waals surface area contributed by atoms with Crippen LogP contribution in [0.2, 0.25) is 0 Å². The van der Waals surface area contributed by atoms with Gasteiger partial charge in [0.1, 0.15) is 0 Å². The largest absolute Gasteiger partial charge is 0.313 e. The van der Waals surface area contributed by atoms with E-state index in [1.165, 1.54) is 36.0 Å². The molecule has 2 rings (SSSR count). The van der Waals surface area contributed by atoms with E-state index in [0.717, 1.165) is 18.5 Å². The molecule has 0 bridgehead atoms. The highest BCUT2D eigenvalue weighted by Crippen LogP contribution is 2.29. The number of rotatable bonds is 6. The van der Waals surface area contributed by atoms with Gasteiger partial charge in [0.2, 0.25) is 0 Å². The molecule has 0 saturated heterocycles.